The van der Waals surface area contributed by atoms with Crippen molar-refractivity contribution in [3.05, 3.63) is 87.5 Å². The lowest BCUT2D eigenvalue weighted by Gasteiger charge is -2.10. The number of rotatable bonds is 4. The Bertz CT molecular complexity index is 1350. The van der Waals surface area contributed by atoms with Gasteiger partial charge in [0.15, 0.2) is 0 Å². The third kappa shape index (κ3) is 3.60. The molecule has 146 valence electrons. The SMILES string of the molecule is O=C(Nc1cccc(F)c1)c1ccc2nc(-c3ccsc3)c(-c3ccsc3)nc2c1. The van der Waals surface area contributed by atoms with Gasteiger partial charge in [-0.05, 0) is 59.3 Å². The minimum Gasteiger partial charge on any atom is -0.322 e. The number of nitrogens with one attached hydrogen (secondary N) is 1. The van der Waals surface area contributed by atoms with Gasteiger partial charge in [0.1, 0.15) is 5.82 Å². The molecule has 0 aliphatic rings. The molecule has 0 aliphatic carbocycles. The molecule has 5 aromatic rings. The average Bonchev–Trinajstić information content (AvgIpc) is 3.46. The Morgan fingerprint density at radius 1 is 0.833 bits per heavy atom. The van der Waals surface area contributed by atoms with Gasteiger partial charge in [-0.3, -0.25) is 4.79 Å². The summed E-state index contributed by atoms with van der Waals surface area (Å²) in [6.45, 7) is 0. The molecule has 3 heterocycles. The lowest BCUT2D eigenvalue weighted by molar-refractivity contribution is 0.102. The van der Waals surface area contributed by atoms with Crippen molar-refractivity contribution in [3.8, 4) is 22.5 Å². The standard InChI is InChI=1S/C23H14FN3OS2/c24-17-2-1-3-18(11-17)25-23(28)14-4-5-19-20(10-14)27-22(16-7-9-30-13-16)21(26-19)15-6-8-29-12-15/h1-13H,(H,25,28). The van der Waals surface area contributed by atoms with Gasteiger partial charge >= 0.3 is 0 Å². The van der Waals surface area contributed by atoms with Crippen molar-refractivity contribution >= 4 is 45.3 Å². The number of amides is 1. The van der Waals surface area contributed by atoms with Gasteiger partial charge in [0.05, 0.1) is 22.4 Å². The van der Waals surface area contributed by atoms with E-state index in [2.05, 4.69) is 5.32 Å². The summed E-state index contributed by atoms with van der Waals surface area (Å²) < 4.78 is 13.4. The fourth-order valence-electron chi connectivity index (χ4n) is 3.17. The number of hydrogen-bond acceptors (Lipinski definition) is 5. The predicted octanol–water partition coefficient (Wildman–Crippen LogP) is 6.48. The molecule has 0 spiro atoms. The Hall–Kier alpha value is -3.42. The minimum atomic E-state index is -0.404. The van der Waals surface area contributed by atoms with Crippen molar-refractivity contribution < 1.29 is 9.18 Å². The Morgan fingerprint density at radius 2 is 1.53 bits per heavy atom. The van der Waals surface area contributed by atoms with Crippen molar-refractivity contribution in [2.24, 2.45) is 0 Å². The van der Waals surface area contributed by atoms with Crippen LogP contribution in [-0.2, 0) is 0 Å². The first-order chi connectivity index (χ1) is 14.7. The Morgan fingerprint density at radius 3 is 2.17 bits per heavy atom. The van der Waals surface area contributed by atoms with Gasteiger partial charge in [0, 0.05) is 33.1 Å². The van der Waals surface area contributed by atoms with Gasteiger partial charge in [-0.15, -0.1) is 0 Å². The van der Waals surface area contributed by atoms with Crippen LogP contribution < -0.4 is 5.32 Å². The summed E-state index contributed by atoms with van der Waals surface area (Å²) in [5, 5.41) is 10.8. The summed E-state index contributed by atoms with van der Waals surface area (Å²) in [5.74, 6) is -0.734. The number of fused-ring (bicyclic) bond motifs is 1. The van der Waals surface area contributed by atoms with Gasteiger partial charge in [-0.2, -0.15) is 22.7 Å². The van der Waals surface area contributed by atoms with Crippen LogP contribution in [0.1, 0.15) is 10.4 Å². The third-order valence-electron chi connectivity index (χ3n) is 4.60. The maximum absolute atomic E-state index is 13.4. The average molecular weight is 432 g/mol. The van der Waals surface area contributed by atoms with Gasteiger partial charge in [-0.1, -0.05) is 6.07 Å². The molecule has 2 aromatic carbocycles. The number of anilines is 1. The Labute approximate surface area is 179 Å². The molecule has 3 aromatic heterocycles. The molecule has 4 nitrogen and oxygen atoms in total. The Balaban J connectivity index is 1.57. The molecular weight excluding hydrogens is 417 g/mol. The van der Waals surface area contributed by atoms with Gasteiger partial charge in [-0.25, -0.2) is 14.4 Å². The topological polar surface area (TPSA) is 54.9 Å². The monoisotopic (exact) mass is 431 g/mol. The highest BCUT2D eigenvalue weighted by molar-refractivity contribution is 7.08. The van der Waals surface area contributed by atoms with E-state index in [0.29, 0.717) is 22.3 Å². The Kier molecular flexibility index (Phi) is 4.82. The zero-order chi connectivity index (χ0) is 20.5. The van der Waals surface area contributed by atoms with Crippen LogP contribution >= 0.6 is 22.7 Å². The van der Waals surface area contributed by atoms with Gasteiger partial charge < -0.3 is 5.32 Å². The number of nitrogens with zero attached hydrogens (tertiary/aromatic N) is 2. The minimum absolute atomic E-state index is 0.330. The van der Waals surface area contributed by atoms with Crippen LogP contribution in [0.2, 0.25) is 0 Å². The summed E-state index contributed by atoms with van der Waals surface area (Å²) >= 11 is 3.21. The number of aromatic nitrogens is 2. The quantitative estimate of drug-likeness (QED) is 0.354. The van der Waals surface area contributed by atoms with Crippen LogP contribution in [0, 0.1) is 5.82 Å². The van der Waals surface area contributed by atoms with Crippen LogP contribution in [0.15, 0.2) is 76.1 Å². The largest absolute Gasteiger partial charge is 0.322 e. The lowest BCUT2D eigenvalue weighted by Crippen LogP contribution is -2.12. The van der Waals surface area contributed by atoms with Crippen LogP contribution in [-0.4, -0.2) is 15.9 Å². The zero-order valence-electron chi connectivity index (χ0n) is 15.5. The molecular formula is C23H14FN3OS2. The van der Waals surface area contributed by atoms with Crippen molar-refractivity contribution in [2.45, 2.75) is 0 Å². The van der Waals surface area contributed by atoms with E-state index in [1.165, 1.54) is 12.1 Å². The molecule has 0 bridgehead atoms. The fraction of sp³-hybridized carbons (Fsp3) is 0. The highest BCUT2D eigenvalue weighted by Gasteiger charge is 2.15. The summed E-state index contributed by atoms with van der Waals surface area (Å²) in [6.07, 6.45) is 0. The van der Waals surface area contributed by atoms with Crippen molar-refractivity contribution in [1.82, 2.24) is 9.97 Å². The third-order valence-corrected chi connectivity index (χ3v) is 5.96. The first-order valence-electron chi connectivity index (χ1n) is 9.11. The van der Waals surface area contributed by atoms with Crippen LogP contribution in [0.5, 0.6) is 0 Å². The summed E-state index contributed by atoms with van der Waals surface area (Å²) in [5.41, 5.74) is 5.77. The lowest BCUT2D eigenvalue weighted by atomic mass is 10.1. The van der Waals surface area contributed by atoms with Crippen LogP contribution in [0.4, 0.5) is 10.1 Å². The van der Waals surface area contributed by atoms with Gasteiger partial charge in [0.25, 0.3) is 5.91 Å². The second-order valence-corrected chi connectivity index (χ2v) is 8.17. The van der Waals surface area contributed by atoms with E-state index in [4.69, 9.17) is 9.97 Å². The van der Waals surface area contributed by atoms with E-state index in [1.807, 2.05) is 33.7 Å². The molecule has 0 radical (unpaired) electrons. The fourth-order valence-corrected chi connectivity index (χ4v) is 4.45. The zero-order valence-corrected chi connectivity index (χ0v) is 17.1. The summed E-state index contributed by atoms with van der Waals surface area (Å²) in [6, 6.07) is 15.0. The van der Waals surface area contributed by atoms with E-state index in [9.17, 15) is 9.18 Å². The predicted molar refractivity (Wildman–Crippen MR) is 121 cm³/mol. The van der Waals surface area contributed by atoms with Crippen molar-refractivity contribution in [3.63, 3.8) is 0 Å². The molecule has 30 heavy (non-hydrogen) atoms. The first kappa shape index (κ1) is 18.6. The van der Waals surface area contributed by atoms with Crippen molar-refractivity contribution in [1.29, 1.82) is 0 Å². The molecule has 7 heteroatoms. The van der Waals surface area contributed by atoms with E-state index in [-0.39, 0.29) is 5.91 Å². The molecule has 5 rings (SSSR count). The molecule has 0 aliphatic heterocycles. The highest BCUT2D eigenvalue weighted by Crippen LogP contribution is 2.33. The number of halogens is 1. The summed E-state index contributed by atoms with van der Waals surface area (Å²) in [7, 11) is 0. The number of carbonyl (C=O) groups is 1. The normalized spacial score (nSPS) is 11.0. The molecule has 0 saturated heterocycles. The second-order valence-electron chi connectivity index (χ2n) is 6.61. The first-order valence-corrected chi connectivity index (χ1v) is 11.0. The molecule has 1 N–H and O–H groups in total. The molecule has 0 atom stereocenters. The van der Waals surface area contributed by atoms with E-state index in [1.54, 1.807) is 53.0 Å². The molecule has 0 saturated carbocycles. The van der Waals surface area contributed by atoms with E-state index in [0.717, 1.165) is 22.5 Å². The molecule has 1 amide bonds. The molecule has 0 fully saturated rings. The number of thiophene rings is 2. The maximum Gasteiger partial charge on any atom is 0.255 e. The van der Waals surface area contributed by atoms with E-state index >= 15 is 0 Å². The second kappa shape index (κ2) is 7.78. The van der Waals surface area contributed by atoms with Crippen LogP contribution in [0.25, 0.3) is 33.5 Å². The molecule has 0 unspecified atom stereocenters. The summed E-state index contributed by atoms with van der Waals surface area (Å²) in [4.78, 5) is 22.3. The maximum atomic E-state index is 13.4. The number of carbonyl (C=O) groups excluding carboxylic acids is 1. The van der Waals surface area contributed by atoms with E-state index < -0.39 is 5.82 Å². The smallest absolute Gasteiger partial charge is 0.255 e. The number of hydrogen-bond donors (Lipinski definition) is 1. The highest BCUT2D eigenvalue weighted by atomic mass is 32.1. The number of benzene rings is 2. The van der Waals surface area contributed by atoms with Crippen molar-refractivity contribution in [2.75, 3.05) is 5.32 Å². The van der Waals surface area contributed by atoms with Gasteiger partial charge in [0.2, 0.25) is 0 Å². The van der Waals surface area contributed by atoms with Crippen LogP contribution in [0.3, 0.4) is 0 Å².